The fourth-order valence-electron chi connectivity index (χ4n) is 2.69. The molecule has 0 unspecified atom stereocenters. The fraction of sp³-hybridized carbons (Fsp3) is 0.389. The predicted octanol–water partition coefficient (Wildman–Crippen LogP) is 3.28. The molecule has 0 saturated carbocycles. The molecule has 0 bridgehead atoms. The third kappa shape index (κ3) is 3.56. The molecule has 0 atom stereocenters. The van der Waals surface area contributed by atoms with Gasteiger partial charge in [-0.25, -0.2) is 17.2 Å². The Morgan fingerprint density at radius 1 is 1.04 bits per heavy atom. The highest BCUT2D eigenvalue weighted by Gasteiger charge is 2.30. The third-order valence-electron chi connectivity index (χ3n) is 3.95. The Morgan fingerprint density at radius 2 is 1.56 bits per heavy atom. The maximum atomic E-state index is 12.7. The molecule has 3 rings (SSSR count). The second-order valence-corrected chi connectivity index (χ2v) is 9.14. The van der Waals surface area contributed by atoms with Crippen LogP contribution in [0.25, 0.3) is 0 Å². The third-order valence-corrected chi connectivity index (χ3v) is 5.58. The van der Waals surface area contributed by atoms with Crippen LogP contribution >= 0.6 is 0 Å². The number of rotatable bonds is 2. The van der Waals surface area contributed by atoms with E-state index in [0.29, 0.717) is 13.1 Å². The van der Waals surface area contributed by atoms with E-state index in [1.807, 2.05) is 27.7 Å². The Hall–Kier alpha value is -2.28. The Balaban J connectivity index is 1.79. The SMILES string of the molecule is Cc1ccc(S(=O)(=O)n2cc3c(c2)CN(C(=O)OC(C)(C)C)C3)cc1. The zero-order valence-electron chi connectivity index (χ0n) is 14.8. The minimum atomic E-state index is -3.62. The van der Waals surface area contributed by atoms with E-state index in [4.69, 9.17) is 4.74 Å². The number of carbonyl (C=O) groups is 1. The van der Waals surface area contributed by atoms with Crippen LogP contribution in [0.1, 0.15) is 37.5 Å². The van der Waals surface area contributed by atoms with E-state index in [1.54, 1.807) is 41.6 Å². The maximum absolute atomic E-state index is 12.7. The van der Waals surface area contributed by atoms with Gasteiger partial charge < -0.3 is 4.74 Å². The average Bonchev–Trinajstić information content (AvgIpc) is 3.04. The minimum absolute atomic E-state index is 0.246. The molecule has 0 radical (unpaired) electrons. The van der Waals surface area contributed by atoms with Crippen LogP contribution in [0.15, 0.2) is 41.6 Å². The summed E-state index contributed by atoms with van der Waals surface area (Å²) in [5.41, 5.74) is 2.09. The van der Waals surface area contributed by atoms with Gasteiger partial charge in [-0.2, -0.15) is 0 Å². The number of ether oxygens (including phenoxy) is 1. The van der Waals surface area contributed by atoms with E-state index < -0.39 is 21.7 Å². The summed E-state index contributed by atoms with van der Waals surface area (Å²) >= 11 is 0. The smallest absolute Gasteiger partial charge is 0.410 e. The molecule has 1 aliphatic rings. The first-order valence-corrected chi connectivity index (χ1v) is 9.50. The van der Waals surface area contributed by atoms with Crippen LogP contribution in [0.5, 0.6) is 0 Å². The largest absolute Gasteiger partial charge is 0.444 e. The summed E-state index contributed by atoms with van der Waals surface area (Å²) < 4.78 is 32.0. The van der Waals surface area contributed by atoms with Crippen molar-refractivity contribution in [1.82, 2.24) is 8.87 Å². The number of carbonyl (C=O) groups excluding carboxylic acids is 1. The lowest BCUT2D eigenvalue weighted by Crippen LogP contribution is -2.33. The van der Waals surface area contributed by atoms with Crippen molar-refractivity contribution in [1.29, 1.82) is 0 Å². The molecule has 0 saturated heterocycles. The Labute approximate surface area is 148 Å². The number of amides is 1. The first-order valence-electron chi connectivity index (χ1n) is 8.06. The highest BCUT2D eigenvalue weighted by molar-refractivity contribution is 7.90. The number of aryl methyl sites for hydroxylation is 1. The van der Waals surface area contributed by atoms with Crippen molar-refractivity contribution in [3.05, 3.63) is 53.3 Å². The van der Waals surface area contributed by atoms with Crippen LogP contribution in [0.4, 0.5) is 4.79 Å². The molecule has 1 aromatic heterocycles. The van der Waals surface area contributed by atoms with E-state index >= 15 is 0 Å². The molecule has 0 spiro atoms. The van der Waals surface area contributed by atoms with Crippen molar-refractivity contribution in [2.75, 3.05) is 0 Å². The van der Waals surface area contributed by atoms with Crippen LogP contribution in [-0.2, 0) is 27.8 Å². The summed E-state index contributed by atoms with van der Waals surface area (Å²) in [5, 5.41) is 0. The summed E-state index contributed by atoms with van der Waals surface area (Å²) in [4.78, 5) is 14.0. The first kappa shape index (κ1) is 17.5. The lowest BCUT2D eigenvalue weighted by Gasteiger charge is -2.24. The predicted molar refractivity (Wildman–Crippen MR) is 93.7 cm³/mol. The topological polar surface area (TPSA) is 68.6 Å². The first-order chi connectivity index (χ1) is 11.6. The van der Waals surface area contributed by atoms with E-state index in [0.717, 1.165) is 16.7 Å². The summed E-state index contributed by atoms with van der Waals surface area (Å²) in [5.74, 6) is 0. The van der Waals surface area contributed by atoms with Gasteiger partial charge in [0.05, 0.1) is 18.0 Å². The van der Waals surface area contributed by atoms with Crippen molar-refractivity contribution in [2.45, 2.75) is 51.3 Å². The van der Waals surface area contributed by atoms with E-state index in [2.05, 4.69) is 0 Å². The number of aromatic nitrogens is 1. The van der Waals surface area contributed by atoms with Gasteiger partial charge in [-0.3, -0.25) is 4.90 Å². The number of fused-ring (bicyclic) bond motifs is 1. The van der Waals surface area contributed by atoms with Gasteiger partial charge in [0.15, 0.2) is 0 Å². The van der Waals surface area contributed by atoms with Gasteiger partial charge in [-0.05, 0) is 51.0 Å². The van der Waals surface area contributed by atoms with E-state index in [-0.39, 0.29) is 4.90 Å². The van der Waals surface area contributed by atoms with Gasteiger partial charge in [-0.1, -0.05) is 17.7 Å². The monoisotopic (exact) mass is 362 g/mol. The number of benzene rings is 1. The molecular formula is C18H22N2O4S. The molecule has 25 heavy (non-hydrogen) atoms. The highest BCUT2D eigenvalue weighted by atomic mass is 32.2. The average molecular weight is 362 g/mol. The molecule has 0 fully saturated rings. The van der Waals surface area contributed by atoms with Crippen molar-refractivity contribution >= 4 is 16.1 Å². The lowest BCUT2D eigenvalue weighted by molar-refractivity contribution is 0.0241. The standard InChI is InChI=1S/C18H22N2O4S/c1-13-5-7-16(8-6-13)25(22,23)20-11-14-9-19(10-15(14)12-20)17(21)24-18(2,3)4/h5-8,11-12H,9-10H2,1-4H3. The van der Waals surface area contributed by atoms with Crippen molar-refractivity contribution in [3.8, 4) is 0 Å². The zero-order valence-corrected chi connectivity index (χ0v) is 15.6. The molecule has 1 aliphatic heterocycles. The highest BCUT2D eigenvalue weighted by Crippen LogP contribution is 2.27. The van der Waals surface area contributed by atoms with Gasteiger partial charge in [0.25, 0.3) is 10.0 Å². The minimum Gasteiger partial charge on any atom is -0.444 e. The van der Waals surface area contributed by atoms with Crippen LogP contribution in [0, 0.1) is 6.92 Å². The summed E-state index contributed by atoms with van der Waals surface area (Å²) in [6.07, 6.45) is 2.76. The van der Waals surface area contributed by atoms with Crippen LogP contribution in [-0.4, -0.2) is 29.0 Å². The molecule has 2 aromatic rings. The number of hydrogen-bond acceptors (Lipinski definition) is 4. The number of hydrogen-bond donors (Lipinski definition) is 0. The van der Waals surface area contributed by atoms with Crippen molar-refractivity contribution in [3.63, 3.8) is 0 Å². The second-order valence-electron chi connectivity index (χ2n) is 7.29. The number of nitrogens with zero attached hydrogens (tertiary/aromatic N) is 2. The molecule has 1 aromatic carbocycles. The van der Waals surface area contributed by atoms with Gasteiger partial charge in [-0.15, -0.1) is 0 Å². The van der Waals surface area contributed by atoms with Gasteiger partial charge in [0, 0.05) is 12.4 Å². The maximum Gasteiger partial charge on any atom is 0.410 e. The van der Waals surface area contributed by atoms with Gasteiger partial charge >= 0.3 is 6.09 Å². The molecule has 134 valence electrons. The van der Waals surface area contributed by atoms with E-state index in [1.165, 1.54) is 3.97 Å². The van der Waals surface area contributed by atoms with Crippen molar-refractivity contribution < 1.29 is 17.9 Å². The Bertz CT molecular complexity index is 882. The van der Waals surface area contributed by atoms with E-state index in [9.17, 15) is 13.2 Å². The fourth-order valence-corrected chi connectivity index (χ4v) is 3.94. The molecule has 0 N–H and O–H groups in total. The molecule has 6 nitrogen and oxygen atoms in total. The normalized spacial score (nSPS) is 14.5. The lowest BCUT2D eigenvalue weighted by atomic mass is 10.2. The van der Waals surface area contributed by atoms with Gasteiger partial charge in [0.1, 0.15) is 5.60 Å². The quantitative estimate of drug-likeness (QED) is 0.822. The van der Waals surface area contributed by atoms with Crippen LogP contribution in [0.2, 0.25) is 0 Å². The zero-order chi connectivity index (χ0) is 18.4. The summed E-state index contributed by atoms with van der Waals surface area (Å²) in [6, 6.07) is 6.74. The Morgan fingerprint density at radius 3 is 2.04 bits per heavy atom. The van der Waals surface area contributed by atoms with Crippen molar-refractivity contribution in [2.24, 2.45) is 0 Å². The molecule has 0 aliphatic carbocycles. The molecular weight excluding hydrogens is 340 g/mol. The Kier molecular flexibility index (Phi) is 4.15. The molecule has 7 heteroatoms. The molecule has 2 heterocycles. The van der Waals surface area contributed by atoms with Crippen LogP contribution in [0.3, 0.4) is 0 Å². The summed E-state index contributed by atoms with van der Waals surface area (Å²) in [7, 11) is -3.62. The second kappa shape index (κ2) is 5.91. The van der Waals surface area contributed by atoms with Gasteiger partial charge in [0.2, 0.25) is 0 Å². The summed E-state index contributed by atoms with van der Waals surface area (Å²) in [6.45, 7) is 8.05. The molecule has 1 amide bonds. The van der Waals surface area contributed by atoms with Crippen LogP contribution < -0.4 is 0 Å².